The van der Waals surface area contributed by atoms with Gasteiger partial charge in [-0.15, -0.1) is 0 Å². The van der Waals surface area contributed by atoms with E-state index in [2.05, 4.69) is 15.5 Å². The standard InChI is InChI=1S/C13H21N3OS/c1-2-4-11(5-3-1)18-9-12-15-13(17-16-12)8-14-10-6-7-10/h10-11,14H,1-9H2. The fourth-order valence-electron chi connectivity index (χ4n) is 2.36. The van der Waals surface area contributed by atoms with Crippen LogP contribution in [0.3, 0.4) is 0 Å². The molecule has 0 aliphatic heterocycles. The van der Waals surface area contributed by atoms with Gasteiger partial charge < -0.3 is 9.84 Å². The van der Waals surface area contributed by atoms with Gasteiger partial charge >= 0.3 is 0 Å². The fourth-order valence-corrected chi connectivity index (χ4v) is 3.53. The summed E-state index contributed by atoms with van der Waals surface area (Å²) in [6.07, 6.45) is 9.49. The summed E-state index contributed by atoms with van der Waals surface area (Å²) in [7, 11) is 0. The largest absolute Gasteiger partial charge is 0.338 e. The van der Waals surface area contributed by atoms with Crippen molar-refractivity contribution < 1.29 is 4.52 Å². The topological polar surface area (TPSA) is 51.0 Å². The Labute approximate surface area is 112 Å². The smallest absolute Gasteiger partial charge is 0.240 e. The average molecular weight is 267 g/mol. The molecule has 1 N–H and O–H groups in total. The molecule has 5 heteroatoms. The molecule has 3 rings (SSSR count). The van der Waals surface area contributed by atoms with Crippen molar-refractivity contribution in [1.82, 2.24) is 15.5 Å². The third kappa shape index (κ3) is 3.72. The summed E-state index contributed by atoms with van der Waals surface area (Å²) in [6.45, 7) is 0.728. The fraction of sp³-hybridized carbons (Fsp3) is 0.846. The second-order valence-corrected chi connectivity index (χ2v) is 6.62. The van der Waals surface area contributed by atoms with Crippen molar-refractivity contribution in [2.24, 2.45) is 0 Å². The molecule has 2 fully saturated rings. The van der Waals surface area contributed by atoms with Crippen molar-refractivity contribution in [3.63, 3.8) is 0 Å². The first-order valence-electron chi connectivity index (χ1n) is 7.06. The summed E-state index contributed by atoms with van der Waals surface area (Å²) in [6, 6.07) is 0.692. The van der Waals surface area contributed by atoms with Crippen LogP contribution in [0.25, 0.3) is 0 Å². The maximum absolute atomic E-state index is 5.25. The Balaban J connectivity index is 1.41. The first kappa shape index (κ1) is 12.5. The van der Waals surface area contributed by atoms with Crippen LogP contribution in [0.2, 0.25) is 0 Å². The van der Waals surface area contributed by atoms with Gasteiger partial charge in [-0.05, 0) is 25.7 Å². The lowest BCUT2D eigenvalue weighted by Gasteiger charge is -2.19. The van der Waals surface area contributed by atoms with Crippen molar-refractivity contribution in [2.45, 2.75) is 68.5 Å². The number of rotatable bonds is 6. The minimum absolute atomic E-state index is 0.692. The van der Waals surface area contributed by atoms with Gasteiger partial charge in [0, 0.05) is 11.3 Å². The maximum atomic E-state index is 5.25. The highest BCUT2D eigenvalue weighted by molar-refractivity contribution is 7.99. The molecule has 0 radical (unpaired) electrons. The first-order chi connectivity index (χ1) is 8.90. The summed E-state index contributed by atoms with van der Waals surface area (Å²) >= 11 is 2.00. The highest BCUT2D eigenvalue weighted by atomic mass is 32.2. The second-order valence-electron chi connectivity index (χ2n) is 5.33. The molecule has 2 saturated carbocycles. The highest BCUT2D eigenvalue weighted by Crippen LogP contribution is 2.29. The zero-order valence-corrected chi connectivity index (χ0v) is 11.5. The van der Waals surface area contributed by atoms with E-state index < -0.39 is 0 Å². The number of hydrogen-bond acceptors (Lipinski definition) is 5. The zero-order valence-electron chi connectivity index (χ0n) is 10.7. The van der Waals surface area contributed by atoms with Crippen molar-refractivity contribution in [3.8, 4) is 0 Å². The van der Waals surface area contributed by atoms with Crippen molar-refractivity contribution in [3.05, 3.63) is 11.7 Å². The van der Waals surface area contributed by atoms with E-state index in [0.717, 1.165) is 29.3 Å². The molecule has 2 aliphatic carbocycles. The van der Waals surface area contributed by atoms with Crippen LogP contribution in [0.5, 0.6) is 0 Å². The molecule has 0 amide bonds. The molecule has 0 aromatic carbocycles. The van der Waals surface area contributed by atoms with Gasteiger partial charge in [0.15, 0.2) is 5.82 Å². The predicted molar refractivity (Wildman–Crippen MR) is 72.3 cm³/mol. The minimum atomic E-state index is 0.692. The van der Waals surface area contributed by atoms with Crippen LogP contribution < -0.4 is 5.32 Å². The van der Waals surface area contributed by atoms with Crippen molar-refractivity contribution in [2.75, 3.05) is 0 Å². The van der Waals surface area contributed by atoms with Gasteiger partial charge in [-0.2, -0.15) is 16.7 Å². The summed E-state index contributed by atoms with van der Waals surface area (Å²) < 4.78 is 5.25. The van der Waals surface area contributed by atoms with Crippen LogP contribution in [0.4, 0.5) is 0 Å². The van der Waals surface area contributed by atoms with E-state index in [1.807, 2.05) is 11.8 Å². The van der Waals surface area contributed by atoms with Gasteiger partial charge in [0.2, 0.25) is 5.89 Å². The molecule has 100 valence electrons. The predicted octanol–water partition coefficient (Wildman–Crippen LogP) is 2.89. The van der Waals surface area contributed by atoms with Gasteiger partial charge in [0.05, 0.1) is 12.3 Å². The van der Waals surface area contributed by atoms with E-state index >= 15 is 0 Å². The van der Waals surface area contributed by atoms with Gasteiger partial charge in [-0.1, -0.05) is 24.4 Å². The average Bonchev–Trinajstić information content (AvgIpc) is 3.14. The molecular formula is C13H21N3OS. The number of thioether (sulfide) groups is 1. The van der Waals surface area contributed by atoms with Crippen molar-refractivity contribution >= 4 is 11.8 Å². The lowest BCUT2D eigenvalue weighted by Crippen LogP contribution is -2.15. The molecule has 0 unspecified atom stereocenters. The first-order valence-corrected chi connectivity index (χ1v) is 8.11. The van der Waals surface area contributed by atoms with Crippen LogP contribution in [-0.2, 0) is 12.3 Å². The molecule has 4 nitrogen and oxygen atoms in total. The number of aromatic nitrogens is 2. The van der Waals surface area contributed by atoms with Gasteiger partial charge in [-0.25, -0.2) is 0 Å². The molecule has 1 aromatic rings. The summed E-state index contributed by atoms with van der Waals surface area (Å²) in [5.41, 5.74) is 0. The zero-order chi connectivity index (χ0) is 12.2. The molecule has 0 saturated heterocycles. The van der Waals surface area contributed by atoms with Crippen LogP contribution in [0.1, 0.15) is 56.7 Å². The van der Waals surface area contributed by atoms with Crippen molar-refractivity contribution in [1.29, 1.82) is 0 Å². The van der Waals surface area contributed by atoms with E-state index in [1.54, 1.807) is 0 Å². The molecule has 0 bridgehead atoms. The van der Waals surface area contributed by atoms with E-state index in [9.17, 15) is 0 Å². The Bertz CT molecular complexity index is 372. The summed E-state index contributed by atoms with van der Waals surface area (Å²) in [5, 5.41) is 8.25. The highest BCUT2D eigenvalue weighted by Gasteiger charge is 2.21. The Morgan fingerprint density at radius 3 is 2.78 bits per heavy atom. The Hall–Kier alpha value is -0.550. The monoisotopic (exact) mass is 267 g/mol. The van der Waals surface area contributed by atoms with E-state index in [4.69, 9.17) is 4.52 Å². The number of hydrogen-bond donors (Lipinski definition) is 1. The van der Waals surface area contributed by atoms with Crippen LogP contribution in [-0.4, -0.2) is 21.4 Å². The van der Waals surface area contributed by atoms with Crippen LogP contribution in [0, 0.1) is 0 Å². The second kappa shape index (κ2) is 6.06. The Kier molecular flexibility index (Phi) is 4.20. The maximum Gasteiger partial charge on any atom is 0.240 e. The van der Waals surface area contributed by atoms with Crippen LogP contribution >= 0.6 is 11.8 Å². The SMILES string of the molecule is C1CCC(SCc2noc(CNC3CC3)n2)CC1. The lowest BCUT2D eigenvalue weighted by atomic mass is 10.0. The van der Waals surface area contributed by atoms with Gasteiger partial charge in [0.1, 0.15) is 0 Å². The minimum Gasteiger partial charge on any atom is -0.338 e. The summed E-state index contributed by atoms with van der Waals surface area (Å²) in [4.78, 5) is 4.43. The quantitative estimate of drug-likeness (QED) is 0.859. The summed E-state index contributed by atoms with van der Waals surface area (Å²) in [5.74, 6) is 2.50. The van der Waals surface area contributed by atoms with E-state index in [1.165, 1.54) is 44.9 Å². The van der Waals surface area contributed by atoms with E-state index in [-0.39, 0.29) is 0 Å². The third-order valence-corrected chi connectivity index (χ3v) is 5.00. The molecule has 0 atom stereocenters. The van der Waals surface area contributed by atoms with Gasteiger partial charge in [-0.3, -0.25) is 0 Å². The normalized spacial score (nSPS) is 21.3. The Morgan fingerprint density at radius 1 is 1.17 bits per heavy atom. The number of nitrogens with one attached hydrogen (secondary N) is 1. The molecular weight excluding hydrogens is 246 g/mol. The number of nitrogens with zero attached hydrogens (tertiary/aromatic N) is 2. The molecule has 2 aliphatic rings. The molecule has 0 spiro atoms. The third-order valence-electron chi connectivity index (χ3n) is 3.63. The molecule has 1 heterocycles. The molecule has 18 heavy (non-hydrogen) atoms. The van der Waals surface area contributed by atoms with Crippen LogP contribution in [0.15, 0.2) is 4.52 Å². The van der Waals surface area contributed by atoms with Gasteiger partial charge in [0.25, 0.3) is 0 Å². The Morgan fingerprint density at radius 2 is 2.00 bits per heavy atom. The molecule has 1 aromatic heterocycles. The lowest BCUT2D eigenvalue weighted by molar-refractivity contribution is 0.363. The van der Waals surface area contributed by atoms with E-state index in [0.29, 0.717) is 6.04 Å².